The number of esters is 1. The first kappa shape index (κ1) is 19.2. The number of hydrogen-bond donors (Lipinski definition) is 1. The molecule has 1 N–H and O–H groups in total. The van der Waals surface area contributed by atoms with Gasteiger partial charge in [0.25, 0.3) is 5.56 Å². The first-order valence-corrected chi connectivity index (χ1v) is 7.87. The molecule has 1 heterocycles. The van der Waals surface area contributed by atoms with Crippen LogP contribution in [0, 0.1) is 0 Å². The van der Waals surface area contributed by atoms with Crippen LogP contribution in [0.15, 0.2) is 38.8 Å². The lowest BCUT2D eigenvalue weighted by Gasteiger charge is -2.19. The minimum Gasteiger partial charge on any atom is -0.494 e. The first-order valence-electron chi connectivity index (χ1n) is 7.87. The summed E-state index contributed by atoms with van der Waals surface area (Å²) in [4.78, 5) is 39.9. The summed E-state index contributed by atoms with van der Waals surface area (Å²) in [5.41, 5.74) is -1.14. The van der Waals surface area contributed by atoms with Gasteiger partial charge < -0.3 is 9.84 Å². The van der Waals surface area contributed by atoms with Gasteiger partial charge in [0.2, 0.25) is 5.88 Å². The normalized spacial score (nSPS) is 11.7. The van der Waals surface area contributed by atoms with Gasteiger partial charge in [0, 0.05) is 20.3 Å². The van der Waals surface area contributed by atoms with Crippen LogP contribution >= 0.6 is 0 Å². The predicted molar refractivity (Wildman–Crippen MR) is 97.5 cm³/mol. The van der Waals surface area contributed by atoms with Gasteiger partial charge in [0.15, 0.2) is 0 Å². The summed E-state index contributed by atoms with van der Waals surface area (Å²) >= 11 is 0. The Hall–Kier alpha value is -3.16. The molecule has 0 bridgehead atoms. The highest BCUT2D eigenvalue weighted by Crippen LogP contribution is 2.17. The second-order valence-electron chi connectivity index (χ2n) is 6.75. The van der Waals surface area contributed by atoms with Gasteiger partial charge in [0.1, 0.15) is 11.2 Å². The lowest BCUT2D eigenvalue weighted by atomic mass is 10.1. The first-order chi connectivity index (χ1) is 12.0. The minimum absolute atomic E-state index is 0.106. The Labute approximate surface area is 150 Å². The van der Waals surface area contributed by atoms with Crippen LogP contribution in [0.1, 0.15) is 36.7 Å². The van der Waals surface area contributed by atoms with Crippen molar-refractivity contribution in [2.24, 2.45) is 19.1 Å². The Morgan fingerprint density at radius 1 is 1.12 bits per heavy atom. The van der Waals surface area contributed by atoms with Crippen molar-refractivity contribution in [3.05, 3.63) is 56.2 Å². The van der Waals surface area contributed by atoms with Crippen LogP contribution in [0.3, 0.4) is 0 Å². The second kappa shape index (κ2) is 6.99. The molecule has 0 amide bonds. The lowest BCUT2D eigenvalue weighted by Crippen LogP contribution is -2.38. The molecule has 8 nitrogen and oxygen atoms in total. The third kappa shape index (κ3) is 4.08. The highest BCUT2D eigenvalue weighted by Gasteiger charge is 2.17. The summed E-state index contributed by atoms with van der Waals surface area (Å²) in [6.07, 6.45) is 1.18. The number of aromatic nitrogens is 2. The van der Waals surface area contributed by atoms with E-state index in [0.29, 0.717) is 11.3 Å². The van der Waals surface area contributed by atoms with Crippen LogP contribution in [-0.2, 0) is 18.8 Å². The Bertz CT molecular complexity index is 976. The summed E-state index contributed by atoms with van der Waals surface area (Å²) in [6.45, 7) is 5.34. The molecule has 138 valence electrons. The van der Waals surface area contributed by atoms with Crippen molar-refractivity contribution in [3.8, 4) is 5.88 Å². The van der Waals surface area contributed by atoms with Gasteiger partial charge in [-0.15, -0.1) is 0 Å². The van der Waals surface area contributed by atoms with Gasteiger partial charge in [0.05, 0.1) is 11.3 Å². The Kier molecular flexibility index (Phi) is 5.15. The smallest absolute Gasteiger partial charge is 0.338 e. The third-order valence-electron chi connectivity index (χ3n) is 3.51. The summed E-state index contributed by atoms with van der Waals surface area (Å²) in [6, 6.07) is 6.28. The van der Waals surface area contributed by atoms with Crippen LogP contribution in [0.25, 0.3) is 0 Å². The molecule has 2 rings (SSSR count). The van der Waals surface area contributed by atoms with E-state index in [2.05, 4.69) is 4.99 Å². The summed E-state index contributed by atoms with van der Waals surface area (Å²) < 4.78 is 7.11. The molecule has 8 heteroatoms. The Morgan fingerprint density at radius 3 is 2.23 bits per heavy atom. The number of carbonyl (C=O) groups excluding carboxylic acids is 1. The Balaban J connectivity index is 2.29. The van der Waals surface area contributed by atoms with E-state index in [-0.39, 0.29) is 5.56 Å². The van der Waals surface area contributed by atoms with Crippen LogP contribution < -0.4 is 11.2 Å². The van der Waals surface area contributed by atoms with Gasteiger partial charge in [-0.2, -0.15) is 0 Å². The van der Waals surface area contributed by atoms with Gasteiger partial charge in [-0.1, -0.05) is 0 Å². The number of aliphatic imine (C=N–C) groups is 1. The number of nitrogens with zero attached hydrogens (tertiary/aromatic N) is 3. The van der Waals surface area contributed by atoms with Crippen molar-refractivity contribution in [1.29, 1.82) is 0 Å². The number of benzene rings is 1. The SMILES string of the molecule is Cn1c(O)c(C=Nc2ccc(C(=O)OC(C)(C)C)cc2)c(=O)n(C)c1=O. The zero-order valence-electron chi connectivity index (χ0n) is 15.3. The van der Waals surface area contributed by atoms with Gasteiger partial charge in [-0.05, 0) is 45.0 Å². The molecule has 0 aliphatic carbocycles. The number of ether oxygens (including phenoxy) is 1. The molecule has 1 aromatic heterocycles. The molecule has 0 aliphatic rings. The van der Waals surface area contributed by atoms with E-state index in [1.807, 2.05) is 0 Å². The van der Waals surface area contributed by atoms with Crippen LogP contribution in [-0.4, -0.2) is 32.0 Å². The monoisotopic (exact) mass is 359 g/mol. The molecule has 26 heavy (non-hydrogen) atoms. The van der Waals surface area contributed by atoms with E-state index >= 15 is 0 Å². The van der Waals surface area contributed by atoms with Crippen molar-refractivity contribution >= 4 is 17.9 Å². The van der Waals surface area contributed by atoms with Crippen molar-refractivity contribution in [1.82, 2.24) is 9.13 Å². The molecule has 0 unspecified atom stereocenters. The van der Waals surface area contributed by atoms with E-state index < -0.39 is 28.7 Å². The number of aromatic hydroxyl groups is 1. The molecular formula is C18H21N3O5. The molecule has 0 spiro atoms. The number of carbonyl (C=O) groups is 1. The molecule has 2 aromatic rings. The van der Waals surface area contributed by atoms with Crippen LogP contribution in [0.4, 0.5) is 5.69 Å². The van der Waals surface area contributed by atoms with Crippen LogP contribution in [0.2, 0.25) is 0 Å². The summed E-state index contributed by atoms with van der Waals surface area (Å²) in [5, 5.41) is 9.98. The van der Waals surface area contributed by atoms with E-state index in [9.17, 15) is 19.5 Å². The molecule has 0 saturated carbocycles. The van der Waals surface area contributed by atoms with Crippen LogP contribution in [0.5, 0.6) is 5.88 Å². The minimum atomic E-state index is -0.653. The number of rotatable bonds is 3. The van der Waals surface area contributed by atoms with Crippen molar-refractivity contribution in [3.63, 3.8) is 0 Å². The molecular weight excluding hydrogens is 338 g/mol. The average Bonchev–Trinajstić information content (AvgIpc) is 2.57. The Morgan fingerprint density at radius 2 is 1.69 bits per heavy atom. The highest BCUT2D eigenvalue weighted by atomic mass is 16.6. The maximum Gasteiger partial charge on any atom is 0.338 e. The highest BCUT2D eigenvalue weighted by molar-refractivity contribution is 5.90. The third-order valence-corrected chi connectivity index (χ3v) is 3.51. The van der Waals surface area contributed by atoms with E-state index in [1.54, 1.807) is 45.0 Å². The molecule has 0 fully saturated rings. The summed E-state index contributed by atoms with van der Waals surface area (Å²) in [7, 11) is 2.67. The van der Waals surface area contributed by atoms with Crippen molar-refractivity contribution < 1.29 is 14.6 Å². The van der Waals surface area contributed by atoms with E-state index in [4.69, 9.17) is 4.74 Å². The number of hydrogen-bond acceptors (Lipinski definition) is 6. The fourth-order valence-corrected chi connectivity index (χ4v) is 2.13. The zero-order chi connectivity index (χ0) is 19.6. The molecule has 0 aliphatic heterocycles. The van der Waals surface area contributed by atoms with Gasteiger partial charge in [-0.25, -0.2) is 9.59 Å². The predicted octanol–water partition coefficient (Wildman–Crippen LogP) is 1.50. The van der Waals surface area contributed by atoms with Gasteiger partial charge in [-0.3, -0.25) is 18.9 Å². The van der Waals surface area contributed by atoms with E-state index in [1.165, 1.54) is 20.3 Å². The summed E-state index contributed by atoms with van der Waals surface area (Å²) in [5.74, 6) is -0.912. The molecule has 1 aromatic carbocycles. The molecule has 0 atom stereocenters. The lowest BCUT2D eigenvalue weighted by molar-refractivity contribution is 0.00695. The topological polar surface area (TPSA) is 103 Å². The second-order valence-corrected chi connectivity index (χ2v) is 6.75. The maximum atomic E-state index is 12.1. The standard InChI is InChI=1S/C18H21N3O5/c1-18(2,3)26-16(24)11-6-8-12(9-7-11)19-10-13-14(22)20(4)17(25)21(5)15(13)23/h6-10,22H,1-5H3. The molecule has 0 saturated heterocycles. The average molecular weight is 359 g/mol. The fraction of sp³-hybridized carbons (Fsp3) is 0.333. The van der Waals surface area contributed by atoms with E-state index in [0.717, 1.165) is 9.13 Å². The maximum absolute atomic E-state index is 12.1. The van der Waals surface area contributed by atoms with Crippen molar-refractivity contribution in [2.75, 3.05) is 0 Å². The van der Waals surface area contributed by atoms with Gasteiger partial charge >= 0.3 is 11.7 Å². The fourth-order valence-electron chi connectivity index (χ4n) is 2.13. The molecule has 0 radical (unpaired) electrons. The zero-order valence-corrected chi connectivity index (χ0v) is 15.3. The quantitative estimate of drug-likeness (QED) is 0.661. The largest absolute Gasteiger partial charge is 0.494 e. The van der Waals surface area contributed by atoms with Crippen molar-refractivity contribution in [2.45, 2.75) is 26.4 Å².